The van der Waals surface area contributed by atoms with Crippen molar-refractivity contribution in [3.8, 4) is 23.0 Å². The molecule has 2 heterocycles. The second-order valence-electron chi connectivity index (χ2n) is 6.94. The molecule has 0 aliphatic carbocycles. The summed E-state index contributed by atoms with van der Waals surface area (Å²) in [6.07, 6.45) is 0.263. The fourth-order valence-corrected chi connectivity index (χ4v) is 4.35. The summed E-state index contributed by atoms with van der Waals surface area (Å²) < 4.78 is 22.0. The van der Waals surface area contributed by atoms with E-state index in [1.54, 1.807) is 28.4 Å². The van der Waals surface area contributed by atoms with Crippen LogP contribution in [0.3, 0.4) is 0 Å². The predicted octanol–water partition coefficient (Wildman–Crippen LogP) is 2.87. The highest BCUT2D eigenvalue weighted by Gasteiger charge is 2.38. The van der Waals surface area contributed by atoms with Crippen LogP contribution in [-0.4, -0.2) is 45.0 Å². The first-order valence-corrected chi connectivity index (χ1v) is 9.01. The van der Waals surface area contributed by atoms with E-state index in [-0.39, 0.29) is 6.04 Å². The number of nitrogens with zero attached hydrogens (tertiary/aromatic N) is 1. The quantitative estimate of drug-likeness (QED) is 0.892. The van der Waals surface area contributed by atoms with Gasteiger partial charge in [0.15, 0.2) is 23.0 Å². The molecule has 0 saturated carbocycles. The van der Waals surface area contributed by atoms with Crippen molar-refractivity contribution in [2.75, 3.05) is 35.0 Å². The predicted molar refractivity (Wildman–Crippen MR) is 101 cm³/mol. The highest BCUT2D eigenvalue weighted by atomic mass is 16.5. The first-order chi connectivity index (χ1) is 13.1. The molecule has 2 aliphatic rings. The molecular weight excluding hydrogens is 346 g/mol. The minimum atomic E-state index is -0.575. The van der Waals surface area contributed by atoms with Gasteiger partial charge in [-0.3, -0.25) is 4.90 Å². The van der Waals surface area contributed by atoms with Crippen LogP contribution in [-0.2, 0) is 13.0 Å². The Hall–Kier alpha value is -2.44. The van der Waals surface area contributed by atoms with Crippen molar-refractivity contribution in [1.82, 2.24) is 4.90 Å². The molecule has 0 spiro atoms. The first-order valence-electron chi connectivity index (χ1n) is 9.01. The van der Waals surface area contributed by atoms with Crippen LogP contribution in [0.15, 0.2) is 24.3 Å². The van der Waals surface area contributed by atoms with E-state index in [9.17, 15) is 5.11 Å². The smallest absolute Gasteiger partial charge is 0.165 e. The summed E-state index contributed by atoms with van der Waals surface area (Å²) >= 11 is 0. The van der Waals surface area contributed by atoms with E-state index in [2.05, 4.69) is 11.0 Å². The molecule has 1 unspecified atom stereocenters. The van der Waals surface area contributed by atoms with Gasteiger partial charge < -0.3 is 24.1 Å². The Bertz CT molecular complexity index is 866. The van der Waals surface area contributed by atoms with Crippen LogP contribution in [0.4, 0.5) is 0 Å². The van der Waals surface area contributed by atoms with Crippen LogP contribution >= 0.6 is 0 Å². The van der Waals surface area contributed by atoms with Crippen molar-refractivity contribution in [1.29, 1.82) is 0 Å². The van der Waals surface area contributed by atoms with Gasteiger partial charge in [-0.2, -0.15) is 0 Å². The molecule has 0 amide bonds. The van der Waals surface area contributed by atoms with E-state index < -0.39 is 6.10 Å². The van der Waals surface area contributed by atoms with Gasteiger partial charge in [0.1, 0.15) is 0 Å². The Kier molecular flexibility index (Phi) is 4.61. The molecule has 4 rings (SSSR count). The molecule has 0 radical (unpaired) electrons. The van der Waals surface area contributed by atoms with Crippen LogP contribution in [0.25, 0.3) is 0 Å². The van der Waals surface area contributed by atoms with Gasteiger partial charge in [0.2, 0.25) is 0 Å². The Morgan fingerprint density at radius 2 is 1.56 bits per heavy atom. The van der Waals surface area contributed by atoms with Crippen molar-refractivity contribution in [2.24, 2.45) is 0 Å². The number of aliphatic hydroxyl groups is 1. The van der Waals surface area contributed by atoms with Gasteiger partial charge in [0.25, 0.3) is 0 Å². The topological polar surface area (TPSA) is 60.4 Å². The Labute approximate surface area is 159 Å². The van der Waals surface area contributed by atoms with Crippen LogP contribution in [0.2, 0.25) is 0 Å². The third-order valence-electron chi connectivity index (χ3n) is 5.68. The zero-order chi connectivity index (χ0) is 19.1. The molecule has 144 valence electrons. The third kappa shape index (κ3) is 2.80. The average molecular weight is 371 g/mol. The Balaban J connectivity index is 1.80. The molecule has 2 aromatic carbocycles. The summed E-state index contributed by atoms with van der Waals surface area (Å²) in [6, 6.07) is 8.15. The minimum Gasteiger partial charge on any atom is -0.493 e. The van der Waals surface area contributed by atoms with Gasteiger partial charge >= 0.3 is 0 Å². The number of hydrogen-bond donors (Lipinski definition) is 1. The van der Waals surface area contributed by atoms with Gasteiger partial charge in [-0.1, -0.05) is 6.07 Å². The fraction of sp³-hybridized carbons (Fsp3) is 0.429. The molecule has 1 N–H and O–H groups in total. The van der Waals surface area contributed by atoms with Gasteiger partial charge in [0, 0.05) is 24.7 Å². The van der Waals surface area contributed by atoms with Crippen molar-refractivity contribution < 1.29 is 24.1 Å². The lowest BCUT2D eigenvalue weighted by Gasteiger charge is -2.43. The summed E-state index contributed by atoms with van der Waals surface area (Å²) in [5.74, 6) is 2.84. The van der Waals surface area contributed by atoms with Gasteiger partial charge in [0.05, 0.1) is 34.5 Å². The number of benzene rings is 2. The maximum Gasteiger partial charge on any atom is 0.165 e. The van der Waals surface area contributed by atoms with Crippen LogP contribution in [0.5, 0.6) is 23.0 Å². The summed E-state index contributed by atoms with van der Waals surface area (Å²) in [4.78, 5) is 2.29. The highest BCUT2D eigenvalue weighted by Crippen LogP contribution is 2.47. The van der Waals surface area contributed by atoms with Gasteiger partial charge in [-0.05, 0) is 41.3 Å². The van der Waals surface area contributed by atoms with E-state index in [0.29, 0.717) is 24.6 Å². The highest BCUT2D eigenvalue weighted by molar-refractivity contribution is 5.55. The number of aliphatic hydroxyl groups excluding tert-OH is 1. The normalized spacial score (nSPS) is 20.9. The fourth-order valence-electron chi connectivity index (χ4n) is 4.35. The molecule has 27 heavy (non-hydrogen) atoms. The molecule has 2 aliphatic heterocycles. The number of hydrogen-bond acceptors (Lipinski definition) is 6. The summed E-state index contributed by atoms with van der Waals surface area (Å²) in [5, 5.41) is 10.8. The molecule has 6 nitrogen and oxygen atoms in total. The number of methoxy groups -OCH3 is 4. The number of rotatable bonds is 4. The molecule has 2 aromatic rings. The lowest BCUT2D eigenvalue weighted by atomic mass is 9.82. The molecular formula is C21H25NO5. The molecule has 0 bridgehead atoms. The van der Waals surface area contributed by atoms with E-state index >= 15 is 0 Å². The molecule has 6 heteroatoms. The number of ether oxygens (including phenoxy) is 4. The second kappa shape index (κ2) is 6.94. The summed E-state index contributed by atoms with van der Waals surface area (Å²) in [6.45, 7) is 1.26. The third-order valence-corrected chi connectivity index (χ3v) is 5.68. The van der Waals surface area contributed by atoms with Crippen LogP contribution < -0.4 is 18.9 Å². The lowest BCUT2D eigenvalue weighted by molar-refractivity contribution is 0.0537. The van der Waals surface area contributed by atoms with Crippen molar-refractivity contribution >= 4 is 0 Å². The second-order valence-corrected chi connectivity index (χ2v) is 6.94. The van der Waals surface area contributed by atoms with E-state index in [0.717, 1.165) is 34.6 Å². The van der Waals surface area contributed by atoms with Crippen molar-refractivity contribution in [3.05, 3.63) is 46.5 Å². The van der Waals surface area contributed by atoms with Gasteiger partial charge in [-0.15, -0.1) is 0 Å². The molecule has 2 atom stereocenters. The van der Waals surface area contributed by atoms with E-state index in [1.807, 2.05) is 18.2 Å². The lowest BCUT2D eigenvalue weighted by Crippen LogP contribution is -2.41. The Morgan fingerprint density at radius 1 is 0.889 bits per heavy atom. The summed E-state index contributed by atoms with van der Waals surface area (Å²) in [5.41, 5.74) is 4.37. The largest absolute Gasteiger partial charge is 0.493 e. The molecule has 0 aromatic heterocycles. The summed E-state index contributed by atoms with van der Waals surface area (Å²) in [7, 11) is 6.56. The van der Waals surface area contributed by atoms with Gasteiger partial charge in [-0.25, -0.2) is 0 Å². The molecule has 0 saturated heterocycles. The van der Waals surface area contributed by atoms with Crippen LogP contribution in [0.1, 0.15) is 34.4 Å². The minimum absolute atomic E-state index is 0.175. The average Bonchev–Trinajstić information content (AvgIpc) is 2.70. The van der Waals surface area contributed by atoms with Crippen molar-refractivity contribution in [2.45, 2.75) is 25.1 Å². The van der Waals surface area contributed by atoms with E-state index in [1.165, 1.54) is 5.56 Å². The zero-order valence-corrected chi connectivity index (χ0v) is 16.1. The SMILES string of the molecule is COc1cc2c(cc1OC)[C@H]1Cc3ccc(OC)c(OC)c3CN1CC2O. The zero-order valence-electron chi connectivity index (χ0n) is 16.1. The maximum atomic E-state index is 10.8. The maximum absolute atomic E-state index is 10.8. The standard InChI is InChI=1S/C21H25NO5/c1-24-18-6-5-12-7-16-13-8-19(25-2)20(26-3)9-14(13)17(23)11-22(16)10-15(12)21(18)27-4/h5-6,8-9,16-17,23H,7,10-11H2,1-4H3/t16-,17?/m1/s1. The van der Waals surface area contributed by atoms with Crippen LogP contribution in [0, 0.1) is 0 Å². The van der Waals surface area contributed by atoms with Crippen molar-refractivity contribution in [3.63, 3.8) is 0 Å². The first kappa shape index (κ1) is 17.9. The Morgan fingerprint density at radius 3 is 2.19 bits per heavy atom. The number of fused-ring (bicyclic) bond motifs is 4. The molecule has 0 fully saturated rings. The van der Waals surface area contributed by atoms with E-state index in [4.69, 9.17) is 18.9 Å². The monoisotopic (exact) mass is 371 g/mol.